The maximum atomic E-state index is 4.75. The van der Waals surface area contributed by atoms with Crippen LogP contribution in [0.15, 0.2) is 42.6 Å². The maximum Gasteiger partial charge on any atom is 0.131 e. The molecule has 0 atom stereocenters. The highest BCUT2D eigenvalue weighted by Crippen LogP contribution is 2.27. The van der Waals surface area contributed by atoms with E-state index in [4.69, 9.17) is 4.98 Å². The number of nitrogens with zero attached hydrogens (tertiary/aromatic N) is 3. The van der Waals surface area contributed by atoms with Gasteiger partial charge in [0.25, 0.3) is 0 Å². The van der Waals surface area contributed by atoms with Crippen LogP contribution in [0.25, 0.3) is 0 Å². The van der Waals surface area contributed by atoms with Gasteiger partial charge >= 0.3 is 0 Å². The molecular formula is C16H20N4. The van der Waals surface area contributed by atoms with Crippen molar-refractivity contribution in [1.82, 2.24) is 14.9 Å². The zero-order valence-electron chi connectivity index (χ0n) is 11.8. The normalized spacial score (nSPS) is 17.1. The first-order valence-corrected chi connectivity index (χ1v) is 7.15. The Hall–Kier alpha value is -1.94. The Bertz CT molecular complexity index is 547. The SMILES string of the molecule is CN1CCC(c2cccc(Nc3ccccn3)n2)CC1. The van der Waals surface area contributed by atoms with Crippen LogP contribution in [0.5, 0.6) is 0 Å². The van der Waals surface area contributed by atoms with Crippen LogP contribution in [-0.2, 0) is 0 Å². The van der Waals surface area contributed by atoms with Gasteiger partial charge in [0.05, 0.1) is 0 Å². The fraction of sp³-hybridized carbons (Fsp3) is 0.375. The predicted molar refractivity (Wildman–Crippen MR) is 81.2 cm³/mol. The van der Waals surface area contributed by atoms with Crippen LogP contribution in [-0.4, -0.2) is 35.0 Å². The molecule has 1 N–H and O–H groups in total. The van der Waals surface area contributed by atoms with Crippen LogP contribution in [0, 0.1) is 0 Å². The van der Waals surface area contributed by atoms with E-state index in [1.165, 1.54) is 18.5 Å². The summed E-state index contributed by atoms with van der Waals surface area (Å²) in [4.78, 5) is 11.4. The van der Waals surface area contributed by atoms with Gasteiger partial charge in [0.2, 0.25) is 0 Å². The smallest absolute Gasteiger partial charge is 0.131 e. The molecule has 0 amide bonds. The largest absolute Gasteiger partial charge is 0.325 e. The van der Waals surface area contributed by atoms with Crippen molar-refractivity contribution in [3.8, 4) is 0 Å². The quantitative estimate of drug-likeness (QED) is 0.929. The lowest BCUT2D eigenvalue weighted by Crippen LogP contribution is -2.29. The molecule has 4 nitrogen and oxygen atoms in total. The van der Waals surface area contributed by atoms with Crippen molar-refractivity contribution in [2.45, 2.75) is 18.8 Å². The molecule has 4 heteroatoms. The third-order valence-corrected chi connectivity index (χ3v) is 3.83. The number of likely N-dealkylation sites (tertiary alicyclic amines) is 1. The lowest BCUT2D eigenvalue weighted by Gasteiger charge is -2.28. The standard InChI is InChI=1S/C16H20N4/c1-20-11-8-13(9-12-20)14-5-4-7-16(18-14)19-15-6-2-3-10-17-15/h2-7,10,13H,8-9,11-12H2,1H3,(H,17,18,19). The molecule has 3 rings (SSSR count). The Morgan fingerprint density at radius 1 is 1.05 bits per heavy atom. The molecule has 3 heterocycles. The van der Waals surface area contributed by atoms with Crippen LogP contribution < -0.4 is 5.32 Å². The second kappa shape index (κ2) is 6.01. The Morgan fingerprint density at radius 2 is 1.85 bits per heavy atom. The zero-order chi connectivity index (χ0) is 13.8. The number of anilines is 2. The highest BCUT2D eigenvalue weighted by atomic mass is 15.1. The molecule has 0 unspecified atom stereocenters. The molecular weight excluding hydrogens is 248 g/mol. The number of hydrogen-bond acceptors (Lipinski definition) is 4. The lowest BCUT2D eigenvalue weighted by atomic mass is 9.93. The van der Waals surface area contributed by atoms with Crippen molar-refractivity contribution >= 4 is 11.6 Å². The van der Waals surface area contributed by atoms with E-state index in [-0.39, 0.29) is 0 Å². The summed E-state index contributed by atoms with van der Waals surface area (Å²) in [5.74, 6) is 2.29. The molecule has 0 aromatic carbocycles. The van der Waals surface area contributed by atoms with Gasteiger partial charge in [0.15, 0.2) is 0 Å². The summed E-state index contributed by atoms with van der Waals surface area (Å²) in [6.07, 6.45) is 4.16. The Morgan fingerprint density at radius 3 is 2.60 bits per heavy atom. The van der Waals surface area contributed by atoms with Crippen LogP contribution in [0.1, 0.15) is 24.5 Å². The third kappa shape index (κ3) is 3.14. The highest BCUT2D eigenvalue weighted by molar-refractivity contribution is 5.51. The molecule has 0 spiro atoms. The van der Waals surface area contributed by atoms with E-state index in [0.717, 1.165) is 24.7 Å². The zero-order valence-corrected chi connectivity index (χ0v) is 11.8. The molecule has 0 radical (unpaired) electrons. The number of aromatic nitrogens is 2. The first kappa shape index (κ1) is 13.1. The molecule has 0 saturated carbocycles. The summed E-state index contributed by atoms with van der Waals surface area (Å²) < 4.78 is 0. The van der Waals surface area contributed by atoms with Crippen LogP contribution in [0.3, 0.4) is 0 Å². The van der Waals surface area contributed by atoms with Crippen molar-refractivity contribution in [2.24, 2.45) is 0 Å². The Kier molecular flexibility index (Phi) is 3.92. The summed E-state index contributed by atoms with van der Waals surface area (Å²) in [5, 5.41) is 3.26. The van der Waals surface area contributed by atoms with E-state index >= 15 is 0 Å². The van der Waals surface area contributed by atoms with Gasteiger partial charge in [-0.05, 0) is 57.2 Å². The van der Waals surface area contributed by atoms with E-state index in [2.05, 4.69) is 34.4 Å². The Balaban J connectivity index is 1.73. The molecule has 0 aliphatic carbocycles. The molecule has 2 aromatic heterocycles. The molecule has 104 valence electrons. The molecule has 2 aromatic rings. The number of piperidine rings is 1. The molecule has 0 bridgehead atoms. The number of hydrogen-bond donors (Lipinski definition) is 1. The fourth-order valence-electron chi connectivity index (χ4n) is 2.62. The maximum absolute atomic E-state index is 4.75. The predicted octanol–water partition coefficient (Wildman–Crippen LogP) is 3.03. The minimum atomic E-state index is 0.580. The monoisotopic (exact) mass is 268 g/mol. The lowest BCUT2D eigenvalue weighted by molar-refractivity contribution is 0.253. The summed E-state index contributed by atoms with van der Waals surface area (Å²) >= 11 is 0. The summed E-state index contributed by atoms with van der Waals surface area (Å²) in [7, 11) is 2.18. The average Bonchev–Trinajstić information content (AvgIpc) is 2.49. The minimum Gasteiger partial charge on any atom is -0.325 e. The van der Waals surface area contributed by atoms with Crippen molar-refractivity contribution in [3.63, 3.8) is 0 Å². The summed E-state index contributed by atoms with van der Waals surface area (Å²) in [5.41, 5.74) is 1.19. The molecule has 1 aliphatic rings. The van der Waals surface area contributed by atoms with E-state index in [0.29, 0.717) is 5.92 Å². The second-order valence-electron chi connectivity index (χ2n) is 5.37. The van der Waals surface area contributed by atoms with E-state index in [1.807, 2.05) is 24.3 Å². The molecule has 1 fully saturated rings. The van der Waals surface area contributed by atoms with Gasteiger partial charge in [-0.15, -0.1) is 0 Å². The van der Waals surface area contributed by atoms with E-state index < -0.39 is 0 Å². The van der Waals surface area contributed by atoms with Gasteiger partial charge in [-0.1, -0.05) is 12.1 Å². The van der Waals surface area contributed by atoms with Crippen molar-refractivity contribution < 1.29 is 0 Å². The Labute approximate surface area is 119 Å². The van der Waals surface area contributed by atoms with E-state index in [9.17, 15) is 0 Å². The number of pyridine rings is 2. The summed E-state index contributed by atoms with van der Waals surface area (Å²) in [6.45, 7) is 2.31. The number of nitrogens with one attached hydrogen (secondary N) is 1. The fourth-order valence-corrected chi connectivity index (χ4v) is 2.62. The van der Waals surface area contributed by atoms with Crippen molar-refractivity contribution in [2.75, 3.05) is 25.5 Å². The van der Waals surface area contributed by atoms with Gasteiger partial charge in [0, 0.05) is 17.8 Å². The van der Waals surface area contributed by atoms with Crippen LogP contribution in [0.2, 0.25) is 0 Å². The van der Waals surface area contributed by atoms with Crippen molar-refractivity contribution in [1.29, 1.82) is 0 Å². The third-order valence-electron chi connectivity index (χ3n) is 3.83. The van der Waals surface area contributed by atoms with Gasteiger partial charge < -0.3 is 10.2 Å². The minimum absolute atomic E-state index is 0.580. The second-order valence-corrected chi connectivity index (χ2v) is 5.37. The van der Waals surface area contributed by atoms with Crippen LogP contribution in [0.4, 0.5) is 11.6 Å². The van der Waals surface area contributed by atoms with Gasteiger partial charge in [-0.2, -0.15) is 0 Å². The number of rotatable bonds is 3. The van der Waals surface area contributed by atoms with E-state index in [1.54, 1.807) is 6.20 Å². The van der Waals surface area contributed by atoms with Gasteiger partial charge in [0.1, 0.15) is 11.6 Å². The first-order chi connectivity index (χ1) is 9.81. The van der Waals surface area contributed by atoms with Crippen molar-refractivity contribution in [3.05, 3.63) is 48.3 Å². The van der Waals surface area contributed by atoms with Gasteiger partial charge in [-0.3, -0.25) is 0 Å². The summed E-state index contributed by atoms with van der Waals surface area (Å²) in [6, 6.07) is 12.0. The molecule has 1 aliphatic heterocycles. The van der Waals surface area contributed by atoms with Gasteiger partial charge in [-0.25, -0.2) is 9.97 Å². The molecule has 20 heavy (non-hydrogen) atoms. The molecule has 1 saturated heterocycles. The first-order valence-electron chi connectivity index (χ1n) is 7.15. The topological polar surface area (TPSA) is 41.0 Å². The average molecular weight is 268 g/mol. The highest BCUT2D eigenvalue weighted by Gasteiger charge is 2.19. The van der Waals surface area contributed by atoms with Crippen LogP contribution >= 0.6 is 0 Å².